The third-order valence-corrected chi connectivity index (χ3v) is 6.50. The maximum absolute atomic E-state index is 13.1. The van der Waals surface area contributed by atoms with Gasteiger partial charge in [0, 0.05) is 16.0 Å². The van der Waals surface area contributed by atoms with E-state index in [0.29, 0.717) is 11.2 Å². The summed E-state index contributed by atoms with van der Waals surface area (Å²) >= 11 is 3.23. The smallest absolute Gasteiger partial charge is 0.261 e. The number of amides is 1. The predicted octanol–water partition coefficient (Wildman–Crippen LogP) is 5.86. The van der Waals surface area contributed by atoms with E-state index in [1.807, 2.05) is 78.2 Å². The summed E-state index contributed by atoms with van der Waals surface area (Å²) in [5, 5.41) is 9.47. The average molecular weight is 429 g/mol. The van der Waals surface area contributed by atoms with Gasteiger partial charge in [-0.25, -0.2) is 9.50 Å². The van der Waals surface area contributed by atoms with Crippen molar-refractivity contribution in [3.63, 3.8) is 0 Å². The van der Waals surface area contributed by atoms with E-state index in [0.717, 1.165) is 26.0 Å². The molecule has 3 aromatic heterocycles. The minimum atomic E-state index is -0.234. The van der Waals surface area contributed by atoms with E-state index >= 15 is 0 Å². The highest BCUT2D eigenvalue weighted by Crippen LogP contribution is 2.33. The fourth-order valence-electron chi connectivity index (χ4n) is 3.13. The highest BCUT2D eigenvalue weighted by Gasteiger charge is 2.18. The summed E-state index contributed by atoms with van der Waals surface area (Å²) in [5.41, 5.74) is 2.64. The largest absolute Gasteiger partial charge is 0.321 e. The number of nitrogens with zero attached hydrogens (tertiary/aromatic N) is 3. The standard InChI is InChI=1S/C23H16N4OS2/c28-23(26-18-9-4-5-10-20(18)30-16-7-2-1-3-8-16)17-15-25-27-19(12-13-24-22(17)27)21-11-6-14-29-21/h1-15H,(H,26,28). The van der Waals surface area contributed by atoms with Gasteiger partial charge in [0.2, 0.25) is 0 Å². The van der Waals surface area contributed by atoms with Gasteiger partial charge in [0.25, 0.3) is 5.91 Å². The van der Waals surface area contributed by atoms with Crippen LogP contribution in [0.5, 0.6) is 0 Å². The Balaban J connectivity index is 1.46. The third-order valence-electron chi connectivity index (χ3n) is 4.53. The normalized spacial score (nSPS) is 10.9. The van der Waals surface area contributed by atoms with Crippen molar-refractivity contribution >= 4 is 40.3 Å². The molecular weight excluding hydrogens is 412 g/mol. The van der Waals surface area contributed by atoms with Crippen LogP contribution in [0.1, 0.15) is 10.4 Å². The second-order valence-corrected chi connectivity index (χ2v) is 8.53. The van der Waals surface area contributed by atoms with Gasteiger partial charge in [-0.2, -0.15) is 5.10 Å². The molecule has 0 spiro atoms. The number of fused-ring (bicyclic) bond motifs is 1. The van der Waals surface area contributed by atoms with Crippen LogP contribution in [0.3, 0.4) is 0 Å². The zero-order valence-electron chi connectivity index (χ0n) is 15.7. The lowest BCUT2D eigenvalue weighted by atomic mass is 10.2. The molecule has 0 fully saturated rings. The van der Waals surface area contributed by atoms with Crippen molar-refractivity contribution in [1.82, 2.24) is 14.6 Å². The Morgan fingerprint density at radius 1 is 0.967 bits per heavy atom. The first kappa shape index (κ1) is 18.6. The van der Waals surface area contributed by atoms with Crippen LogP contribution in [0.25, 0.3) is 16.2 Å². The van der Waals surface area contributed by atoms with Crippen LogP contribution >= 0.6 is 23.1 Å². The van der Waals surface area contributed by atoms with Gasteiger partial charge in [-0.3, -0.25) is 4.79 Å². The number of carbonyl (C=O) groups excluding carboxylic acids is 1. The lowest BCUT2D eigenvalue weighted by Crippen LogP contribution is -2.12. The first-order chi connectivity index (χ1) is 14.8. The summed E-state index contributed by atoms with van der Waals surface area (Å²) < 4.78 is 1.71. The molecule has 146 valence electrons. The Morgan fingerprint density at radius 2 is 1.80 bits per heavy atom. The molecular formula is C23H16N4OS2. The summed E-state index contributed by atoms with van der Waals surface area (Å²) in [6.45, 7) is 0. The summed E-state index contributed by atoms with van der Waals surface area (Å²) in [6.07, 6.45) is 3.28. The molecule has 0 aliphatic heterocycles. The molecule has 5 rings (SSSR count). The van der Waals surface area contributed by atoms with Crippen molar-refractivity contribution in [2.75, 3.05) is 5.32 Å². The Kier molecular flexibility index (Phi) is 5.04. The van der Waals surface area contributed by atoms with E-state index < -0.39 is 0 Å². The van der Waals surface area contributed by atoms with Gasteiger partial charge >= 0.3 is 0 Å². The van der Waals surface area contributed by atoms with E-state index in [9.17, 15) is 4.79 Å². The first-order valence-corrected chi connectivity index (χ1v) is 11.0. The number of nitrogens with one attached hydrogen (secondary N) is 1. The summed E-state index contributed by atoms with van der Waals surface area (Å²) in [7, 11) is 0. The molecule has 3 heterocycles. The van der Waals surface area contributed by atoms with E-state index in [-0.39, 0.29) is 5.91 Å². The van der Waals surface area contributed by atoms with Gasteiger partial charge in [0.1, 0.15) is 5.56 Å². The Morgan fingerprint density at radius 3 is 2.63 bits per heavy atom. The van der Waals surface area contributed by atoms with Crippen molar-refractivity contribution in [2.45, 2.75) is 9.79 Å². The van der Waals surface area contributed by atoms with Crippen molar-refractivity contribution in [1.29, 1.82) is 0 Å². The predicted molar refractivity (Wildman–Crippen MR) is 121 cm³/mol. The minimum Gasteiger partial charge on any atom is -0.321 e. The minimum absolute atomic E-state index is 0.234. The summed E-state index contributed by atoms with van der Waals surface area (Å²) in [5.74, 6) is -0.234. The highest BCUT2D eigenvalue weighted by atomic mass is 32.2. The van der Waals surface area contributed by atoms with Crippen LogP contribution < -0.4 is 5.32 Å². The van der Waals surface area contributed by atoms with Crippen LogP contribution in [-0.4, -0.2) is 20.5 Å². The van der Waals surface area contributed by atoms with Crippen LogP contribution in [-0.2, 0) is 0 Å². The molecule has 0 saturated heterocycles. The number of hydrogen-bond acceptors (Lipinski definition) is 5. The van der Waals surface area contributed by atoms with E-state index in [1.54, 1.807) is 40.0 Å². The number of carbonyl (C=O) groups is 1. The molecule has 0 unspecified atom stereocenters. The average Bonchev–Trinajstić information content (AvgIpc) is 3.46. The molecule has 0 saturated carbocycles. The summed E-state index contributed by atoms with van der Waals surface area (Å²) in [4.78, 5) is 20.6. The maximum Gasteiger partial charge on any atom is 0.261 e. The van der Waals surface area contributed by atoms with Gasteiger partial charge in [-0.1, -0.05) is 48.2 Å². The SMILES string of the molecule is O=C(Nc1ccccc1Sc1ccccc1)c1cnn2c(-c3cccs3)ccnc12. The molecule has 7 heteroatoms. The molecule has 0 aliphatic rings. The highest BCUT2D eigenvalue weighted by molar-refractivity contribution is 7.99. The lowest BCUT2D eigenvalue weighted by molar-refractivity contribution is 0.102. The third kappa shape index (κ3) is 3.60. The lowest BCUT2D eigenvalue weighted by Gasteiger charge is -2.10. The van der Waals surface area contributed by atoms with Crippen molar-refractivity contribution in [3.8, 4) is 10.6 Å². The molecule has 0 radical (unpaired) electrons. The number of thiophene rings is 1. The van der Waals surface area contributed by atoms with Gasteiger partial charge in [-0.15, -0.1) is 11.3 Å². The quantitative estimate of drug-likeness (QED) is 0.381. The van der Waals surface area contributed by atoms with E-state index in [2.05, 4.69) is 15.4 Å². The molecule has 1 N–H and O–H groups in total. The monoisotopic (exact) mass is 428 g/mol. The number of rotatable bonds is 5. The number of para-hydroxylation sites is 1. The van der Waals surface area contributed by atoms with Crippen molar-refractivity contribution < 1.29 is 4.79 Å². The number of benzene rings is 2. The van der Waals surface area contributed by atoms with Crippen molar-refractivity contribution in [3.05, 3.63) is 96.1 Å². The fraction of sp³-hybridized carbons (Fsp3) is 0. The van der Waals surface area contributed by atoms with E-state index in [4.69, 9.17) is 0 Å². The molecule has 1 amide bonds. The zero-order valence-corrected chi connectivity index (χ0v) is 17.4. The molecule has 5 aromatic rings. The molecule has 2 aromatic carbocycles. The van der Waals surface area contributed by atoms with Gasteiger partial charge in [-0.05, 0) is 41.8 Å². The molecule has 0 aliphatic carbocycles. The second-order valence-electron chi connectivity index (χ2n) is 6.47. The van der Waals surface area contributed by atoms with Crippen molar-refractivity contribution in [2.24, 2.45) is 0 Å². The molecule has 0 bridgehead atoms. The summed E-state index contributed by atoms with van der Waals surface area (Å²) in [6, 6.07) is 23.8. The van der Waals surface area contributed by atoms with E-state index in [1.165, 1.54) is 0 Å². The molecule has 0 atom stereocenters. The van der Waals surface area contributed by atoms with Crippen LogP contribution in [0, 0.1) is 0 Å². The Labute approximate surface area is 181 Å². The number of aromatic nitrogens is 3. The Hall–Kier alpha value is -3.42. The number of anilines is 1. The zero-order chi connectivity index (χ0) is 20.3. The molecule has 30 heavy (non-hydrogen) atoms. The Bertz CT molecular complexity index is 1310. The second kappa shape index (κ2) is 8.14. The van der Waals surface area contributed by atoms with Gasteiger partial charge < -0.3 is 5.32 Å². The maximum atomic E-state index is 13.1. The van der Waals surface area contributed by atoms with Gasteiger partial charge in [0.15, 0.2) is 5.65 Å². The first-order valence-electron chi connectivity index (χ1n) is 9.29. The van der Waals surface area contributed by atoms with Gasteiger partial charge in [0.05, 0.1) is 22.5 Å². The number of hydrogen-bond donors (Lipinski definition) is 1. The van der Waals surface area contributed by atoms with Crippen LogP contribution in [0.15, 0.2) is 100 Å². The molecule has 5 nitrogen and oxygen atoms in total. The van der Waals surface area contributed by atoms with Crippen LogP contribution in [0.4, 0.5) is 5.69 Å². The topological polar surface area (TPSA) is 59.3 Å². The fourth-order valence-corrected chi connectivity index (χ4v) is 4.79. The van der Waals surface area contributed by atoms with Crippen LogP contribution in [0.2, 0.25) is 0 Å².